The van der Waals surface area contributed by atoms with Gasteiger partial charge < -0.3 is 0 Å². The zero-order valence-corrected chi connectivity index (χ0v) is 15.0. The molecule has 0 aliphatic heterocycles. The van der Waals surface area contributed by atoms with Crippen molar-refractivity contribution in [3.05, 3.63) is 70.4 Å². The Balaban J connectivity index is 1.62. The average molecular weight is 366 g/mol. The number of aryl methyl sites for hydroxylation is 2. The molecule has 0 saturated heterocycles. The minimum absolute atomic E-state index is 0.398. The molecular formula is C19H18N4O2S. The number of aromatic nitrogens is 3. The van der Waals surface area contributed by atoms with E-state index in [-0.39, 0.29) is 0 Å². The Hall–Kier alpha value is -2.93. The largest absolute Gasteiger partial charge is 0.280 e. The fraction of sp³-hybridized carbons (Fsp3) is 0.158. The van der Waals surface area contributed by atoms with Gasteiger partial charge in [0.2, 0.25) is 0 Å². The number of hydrogen-bond donors (Lipinski definition) is 2. The summed E-state index contributed by atoms with van der Waals surface area (Å²) in [5, 5.41) is 6.90. The highest BCUT2D eigenvalue weighted by Gasteiger charge is 2.22. The van der Waals surface area contributed by atoms with Crippen LogP contribution in [-0.4, -0.2) is 23.6 Å². The van der Waals surface area contributed by atoms with E-state index in [1.807, 2.05) is 37.3 Å². The van der Waals surface area contributed by atoms with E-state index >= 15 is 0 Å². The SMILES string of the molecule is Cc1nc(-c2cccc(NS(=O)(=O)C3=Cc4ccccc4CC3)c2)n[nH]1. The second-order valence-electron chi connectivity index (χ2n) is 6.24. The Morgan fingerprint density at radius 3 is 2.73 bits per heavy atom. The first-order valence-corrected chi connectivity index (χ1v) is 9.80. The molecule has 0 amide bonds. The fourth-order valence-electron chi connectivity index (χ4n) is 3.03. The van der Waals surface area contributed by atoms with Crippen molar-refractivity contribution < 1.29 is 8.42 Å². The highest BCUT2D eigenvalue weighted by molar-refractivity contribution is 7.96. The molecule has 0 radical (unpaired) electrons. The van der Waals surface area contributed by atoms with E-state index in [4.69, 9.17) is 0 Å². The van der Waals surface area contributed by atoms with Gasteiger partial charge in [0.15, 0.2) is 5.82 Å². The van der Waals surface area contributed by atoms with Gasteiger partial charge in [-0.2, -0.15) is 5.10 Å². The van der Waals surface area contributed by atoms with Crippen molar-refractivity contribution >= 4 is 21.8 Å². The number of allylic oxidation sites excluding steroid dienone is 1. The van der Waals surface area contributed by atoms with Gasteiger partial charge in [0.25, 0.3) is 10.0 Å². The molecule has 0 fully saturated rings. The summed E-state index contributed by atoms with van der Waals surface area (Å²) >= 11 is 0. The van der Waals surface area contributed by atoms with Crippen molar-refractivity contribution in [2.24, 2.45) is 0 Å². The van der Waals surface area contributed by atoms with E-state index in [0.717, 1.165) is 17.5 Å². The van der Waals surface area contributed by atoms with E-state index in [9.17, 15) is 8.42 Å². The Morgan fingerprint density at radius 1 is 1.08 bits per heavy atom. The molecule has 0 saturated carbocycles. The number of aromatic amines is 1. The van der Waals surface area contributed by atoms with Crippen molar-refractivity contribution in [2.45, 2.75) is 19.8 Å². The maximum absolute atomic E-state index is 12.8. The van der Waals surface area contributed by atoms with Crippen molar-refractivity contribution in [2.75, 3.05) is 4.72 Å². The Kier molecular flexibility index (Phi) is 4.08. The molecule has 2 N–H and O–H groups in total. The number of rotatable bonds is 4. The predicted molar refractivity (Wildman–Crippen MR) is 102 cm³/mol. The lowest BCUT2D eigenvalue weighted by Crippen LogP contribution is -2.17. The van der Waals surface area contributed by atoms with Crippen LogP contribution in [0.25, 0.3) is 17.5 Å². The van der Waals surface area contributed by atoms with Crippen molar-refractivity contribution in [1.82, 2.24) is 15.2 Å². The van der Waals surface area contributed by atoms with Gasteiger partial charge >= 0.3 is 0 Å². The standard InChI is InChI=1S/C19H18N4O2S/c1-13-20-19(22-21-13)16-7-4-8-17(11-16)23-26(24,25)18-10-9-14-5-2-3-6-15(14)12-18/h2-8,11-12,23H,9-10H2,1H3,(H,20,21,22). The van der Waals surface area contributed by atoms with Crippen molar-refractivity contribution in [1.29, 1.82) is 0 Å². The van der Waals surface area contributed by atoms with Crippen LogP contribution >= 0.6 is 0 Å². The first-order chi connectivity index (χ1) is 12.5. The zero-order valence-electron chi connectivity index (χ0n) is 14.2. The molecule has 1 aliphatic carbocycles. The van der Waals surface area contributed by atoms with Gasteiger partial charge in [0, 0.05) is 11.3 Å². The van der Waals surface area contributed by atoms with Gasteiger partial charge in [-0.15, -0.1) is 0 Å². The molecule has 1 aromatic heterocycles. The number of anilines is 1. The maximum Gasteiger partial charge on any atom is 0.258 e. The van der Waals surface area contributed by atoms with Crippen molar-refractivity contribution in [3.63, 3.8) is 0 Å². The third-order valence-corrected chi connectivity index (χ3v) is 5.84. The molecule has 0 atom stereocenters. The number of hydrogen-bond acceptors (Lipinski definition) is 4. The minimum Gasteiger partial charge on any atom is -0.280 e. The van der Waals surface area contributed by atoms with Gasteiger partial charge in [-0.25, -0.2) is 13.4 Å². The van der Waals surface area contributed by atoms with Gasteiger partial charge in [-0.3, -0.25) is 9.82 Å². The van der Waals surface area contributed by atoms with Crippen molar-refractivity contribution in [3.8, 4) is 11.4 Å². The summed E-state index contributed by atoms with van der Waals surface area (Å²) in [7, 11) is -3.61. The fourth-order valence-corrected chi connectivity index (χ4v) is 4.25. The Labute approximate surface area is 152 Å². The molecule has 6 nitrogen and oxygen atoms in total. The number of nitrogens with one attached hydrogen (secondary N) is 2. The molecular weight excluding hydrogens is 348 g/mol. The van der Waals surface area contributed by atoms with E-state index in [0.29, 0.717) is 28.7 Å². The molecule has 4 rings (SSSR count). The Bertz CT molecular complexity index is 1100. The van der Waals surface area contributed by atoms with Gasteiger partial charge in [0.05, 0.1) is 4.91 Å². The lowest BCUT2D eigenvalue weighted by Gasteiger charge is -2.17. The van der Waals surface area contributed by atoms with Crippen LogP contribution in [0.4, 0.5) is 5.69 Å². The van der Waals surface area contributed by atoms with Gasteiger partial charge in [-0.1, -0.05) is 36.4 Å². The highest BCUT2D eigenvalue weighted by Crippen LogP contribution is 2.28. The second kappa shape index (κ2) is 6.42. The second-order valence-corrected chi connectivity index (χ2v) is 7.98. The zero-order chi connectivity index (χ0) is 18.1. The normalized spacial score (nSPS) is 13.8. The number of nitrogens with zero attached hydrogens (tertiary/aromatic N) is 2. The summed E-state index contributed by atoms with van der Waals surface area (Å²) in [6, 6.07) is 14.9. The number of fused-ring (bicyclic) bond motifs is 1. The van der Waals surface area contributed by atoms with E-state index < -0.39 is 10.0 Å². The summed E-state index contributed by atoms with van der Waals surface area (Å²) in [4.78, 5) is 4.68. The van der Waals surface area contributed by atoms with Crippen LogP contribution in [0.2, 0.25) is 0 Å². The van der Waals surface area contributed by atoms with Crippen LogP contribution in [0.3, 0.4) is 0 Å². The van der Waals surface area contributed by atoms with Crippen LogP contribution in [0, 0.1) is 6.92 Å². The van der Waals surface area contributed by atoms with E-state index in [1.165, 1.54) is 5.56 Å². The Morgan fingerprint density at radius 2 is 1.92 bits per heavy atom. The summed E-state index contributed by atoms with van der Waals surface area (Å²) < 4.78 is 28.3. The minimum atomic E-state index is -3.61. The number of sulfonamides is 1. The molecule has 0 bridgehead atoms. The quantitative estimate of drug-likeness (QED) is 0.740. The number of H-pyrrole nitrogens is 1. The van der Waals surface area contributed by atoms with Gasteiger partial charge in [0.1, 0.15) is 5.82 Å². The smallest absolute Gasteiger partial charge is 0.258 e. The summed E-state index contributed by atoms with van der Waals surface area (Å²) in [6.07, 6.45) is 2.97. The topological polar surface area (TPSA) is 87.7 Å². The van der Waals surface area contributed by atoms with E-state index in [1.54, 1.807) is 24.3 Å². The predicted octanol–water partition coefficient (Wildman–Crippen LogP) is 3.51. The summed E-state index contributed by atoms with van der Waals surface area (Å²) in [5.41, 5.74) is 3.37. The first kappa shape index (κ1) is 16.5. The maximum atomic E-state index is 12.8. The monoisotopic (exact) mass is 366 g/mol. The van der Waals surface area contributed by atoms with E-state index in [2.05, 4.69) is 19.9 Å². The molecule has 0 unspecified atom stereocenters. The average Bonchev–Trinajstić information content (AvgIpc) is 3.08. The highest BCUT2D eigenvalue weighted by atomic mass is 32.2. The molecule has 3 aromatic rings. The third-order valence-electron chi connectivity index (χ3n) is 4.33. The molecule has 0 spiro atoms. The van der Waals surface area contributed by atoms with Gasteiger partial charge in [-0.05, 0) is 49.1 Å². The van der Waals surface area contributed by atoms with Crippen LogP contribution in [0.5, 0.6) is 0 Å². The summed E-state index contributed by atoms with van der Waals surface area (Å²) in [5.74, 6) is 1.24. The molecule has 1 heterocycles. The lowest BCUT2D eigenvalue weighted by atomic mass is 9.98. The molecule has 2 aromatic carbocycles. The third kappa shape index (κ3) is 3.25. The van der Waals surface area contributed by atoms with Crippen LogP contribution < -0.4 is 4.72 Å². The molecule has 26 heavy (non-hydrogen) atoms. The molecule has 1 aliphatic rings. The van der Waals surface area contributed by atoms with Crippen LogP contribution in [0.1, 0.15) is 23.4 Å². The van der Waals surface area contributed by atoms with Crippen LogP contribution in [-0.2, 0) is 16.4 Å². The molecule has 132 valence electrons. The lowest BCUT2D eigenvalue weighted by molar-refractivity contribution is 0.605. The molecule has 7 heteroatoms. The van der Waals surface area contributed by atoms with Crippen LogP contribution in [0.15, 0.2) is 53.4 Å². The first-order valence-electron chi connectivity index (χ1n) is 8.32. The summed E-state index contributed by atoms with van der Waals surface area (Å²) in [6.45, 7) is 1.82. The number of benzene rings is 2.